The maximum Gasteiger partial charge on any atom is 0.242 e. The first-order valence-electron chi connectivity index (χ1n) is 9.40. The number of hydrogen-bond acceptors (Lipinski definition) is 3. The van der Waals surface area contributed by atoms with E-state index >= 15 is 0 Å². The van der Waals surface area contributed by atoms with E-state index in [9.17, 15) is 9.59 Å². The highest BCUT2D eigenvalue weighted by molar-refractivity contribution is 8.00. The smallest absolute Gasteiger partial charge is 0.242 e. The lowest BCUT2D eigenvalue weighted by Gasteiger charge is -2.31. The van der Waals surface area contributed by atoms with Gasteiger partial charge in [-0.15, -0.1) is 11.8 Å². The fraction of sp³-hybridized carbons (Fsp3) is 0.364. The van der Waals surface area contributed by atoms with Gasteiger partial charge in [-0.3, -0.25) is 9.59 Å². The molecule has 0 heterocycles. The Balaban J connectivity index is 2.21. The Bertz CT molecular complexity index is 898. The van der Waals surface area contributed by atoms with Crippen molar-refractivity contribution < 1.29 is 9.59 Å². The van der Waals surface area contributed by atoms with Crippen molar-refractivity contribution in [1.82, 2.24) is 10.2 Å². The van der Waals surface area contributed by atoms with Crippen LogP contribution in [0, 0.1) is 0 Å². The lowest BCUT2D eigenvalue weighted by atomic mass is 10.1. The molecule has 0 unspecified atom stereocenters. The van der Waals surface area contributed by atoms with Crippen LogP contribution in [0.15, 0.2) is 47.4 Å². The van der Waals surface area contributed by atoms with E-state index in [4.69, 9.17) is 34.8 Å². The summed E-state index contributed by atoms with van der Waals surface area (Å²) >= 11 is 19.6. The van der Waals surface area contributed by atoms with Crippen LogP contribution < -0.4 is 5.32 Å². The van der Waals surface area contributed by atoms with Gasteiger partial charge in [0.05, 0.1) is 5.75 Å². The molecule has 0 radical (unpaired) electrons. The Hall–Kier alpha value is -1.40. The van der Waals surface area contributed by atoms with E-state index < -0.39 is 11.6 Å². The lowest BCUT2D eigenvalue weighted by molar-refractivity contribution is -0.139. The molecule has 1 N–H and O–H groups in total. The molecule has 0 saturated heterocycles. The van der Waals surface area contributed by atoms with Crippen molar-refractivity contribution in [3.8, 4) is 0 Å². The highest BCUT2D eigenvalue weighted by atomic mass is 35.5. The van der Waals surface area contributed by atoms with Crippen molar-refractivity contribution in [3.05, 3.63) is 63.1 Å². The Labute approximate surface area is 197 Å². The number of hydrogen-bond donors (Lipinski definition) is 1. The SMILES string of the molecule is C[C@H](C(=O)NC(C)(C)C)N(Cc1ccc(Cl)cc1Cl)C(=O)CSc1ccc(Cl)cc1. The van der Waals surface area contributed by atoms with Crippen molar-refractivity contribution in [1.29, 1.82) is 0 Å². The number of nitrogens with one attached hydrogen (secondary N) is 1. The standard InChI is InChI=1S/C22H25Cl3N2O2S/c1-14(21(29)26-22(2,3)4)27(12-15-5-6-17(24)11-19(15)25)20(28)13-30-18-9-7-16(23)8-10-18/h5-11,14H,12-13H2,1-4H3,(H,26,29)/t14-/m1/s1. The monoisotopic (exact) mass is 486 g/mol. The minimum Gasteiger partial charge on any atom is -0.350 e. The van der Waals surface area contributed by atoms with Gasteiger partial charge in [0.1, 0.15) is 6.04 Å². The molecule has 2 aromatic carbocycles. The molecule has 2 aromatic rings. The van der Waals surface area contributed by atoms with Gasteiger partial charge in [-0.05, 0) is 69.7 Å². The second-order valence-corrected chi connectivity index (χ2v) is 10.2. The summed E-state index contributed by atoms with van der Waals surface area (Å²) in [7, 11) is 0. The number of nitrogens with zero attached hydrogens (tertiary/aromatic N) is 1. The minimum absolute atomic E-state index is 0.169. The normalized spacial score (nSPS) is 12.4. The summed E-state index contributed by atoms with van der Waals surface area (Å²) in [5, 5.41) is 4.54. The molecule has 162 valence electrons. The molecule has 4 nitrogen and oxygen atoms in total. The third kappa shape index (κ3) is 7.69. The Morgan fingerprint density at radius 2 is 1.63 bits per heavy atom. The lowest BCUT2D eigenvalue weighted by Crippen LogP contribution is -2.52. The number of rotatable bonds is 7. The van der Waals surface area contributed by atoms with Crippen molar-refractivity contribution >= 4 is 58.4 Å². The van der Waals surface area contributed by atoms with Crippen LogP contribution in [-0.2, 0) is 16.1 Å². The molecule has 0 aromatic heterocycles. The summed E-state index contributed by atoms with van der Waals surface area (Å²) in [6, 6.07) is 11.7. The molecule has 8 heteroatoms. The van der Waals surface area contributed by atoms with Gasteiger partial charge in [0.25, 0.3) is 0 Å². The summed E-state index contributed by atoms with van der Waals surface area (Å²) in [5.74, 6) is -0.213. The quantitative estimate of drug-likeness (QED) is 0.482. The van der Waals surface area contributed by atoms with Gasteiger partial charge in [-0.1, -0.05) is 40.9 Å². The van der Waals surface area contributed by atoms with Crippen LogP contribution in [0.3, 0.4) is 0 Å². The zero-order valence-electron chi connectivity index (χ0n) is 17.3. The molecule has 0 fully saturated rings. The molecule has 0 aliphatic rings. The molecule has 0 bridgehead atoms. The van der Waals surface area contributed by atoms with Gasteiger partial charge < -0.3 is 10.2 Å². The van der Waals surface area contributed by atoms with Crippen molar-refractivity contribution in [2.45, 2.75) is 50.7 Å². The molecular formula is C22H25Cl3N2O2S. The predicted octanol–water partition coefficient (Wildman–Crippen LogP) is 6.07. The second-order valence-electron chi connectivity index (χ2n) is 7.92. The van der Waals surface area contributed by atoms with Crippen molar-refractivity contribution in [2.75, 3.05) is 5.75 Å². The first-order chi connectivity index (χ1) is 14.0. The van der Waals surface area contributed by atoms with E-state index in [1.54, 1.807) is 42.2 Å². The number of halogens is 3. The maximum atomic E-state index is 13.1. The van der Waals surface area contributed by atoms with Gasteiger partial charge in [-0.2, -0.15) is 0 Å². The van der Waals surface area contributed by atoms with E-state index in [2.05, 4.69) is 5.32 Å². The van der Waals surface area contributed by atoms with Gasteiger partial charge in [0.2, 0.25) is 11.8 Å². The van der Waals surface area contributed by atoms with Crippen LogP contribution in [0.25, 0.3) is 0 Å². The molecule has 0 saturated carbocycles. The summed E-state index contributed by atoms with van der Waals surface area (Å²) in [4.78, 5) is 28.3. The molecule has 0 aliphatic heterocycles. The van der Waals surface area contributed by atoms with E-state index in [0.717, 1.165) is 10.5 Å². The van der Waals surface area contributed by atoms with E-state index in [-0.39, 0.29) is 24.1 Å². The fourth-order valence-corrected chi connectivity index (χ4v) is 4.03. The largest absolute Gasteiger partial charge is 0.350 e. The third-order valence-corrected chi connectivity index (χ3v) is 6.03. The first kappa shape index (κ1) is 24.9. The molecule has 2 rings (SSSR count). The topological polar surface area (TPSA) is 49.4 Å². The van der Waals surface area contributed by atoms with Crippen LogP contribution in [0.2, 0.25) is 15.1 Å². The average molecular weight is 488 g/mol. The van der Waals surface area contributed by atoms with Gasteiger partial charge in [-0.25, -0.2) is 0 Å². The van der Waals surface area contributed by atoms with Crippen molar-refractivity contribution in [3.63, 3.8) is 0 Å². The van der Waals surface area contributed by atoms with Gasteiger partial charge in [0.15, 0.2) is 0 Å². The Kier molecular flexibility index (Phi) is 8.92. The van der Waals surface area contributed by atoms with E-state index in [1.165, 1.54) is 11.8 Å². The Morgan fingerprint density at radius 1 is 1.03 bits per heavy atom. The summed E-state index contributed by atoms with van der Waals surface area (Å²) in [6.07, 6.45) is 0. The molecule has 0 spiro atoms. The second kappa shape index (κ2) is 10.8. The molecule has 1 atom stereocenters. The zero-order valence-corrected chi connectivity index (χ0v) is 20.4. The number of thioether (sulfide) groups is 1. The predicted molar refractivity (Wildman–Crippen MR) is 127 cm³/mol. The van der Waals surface area contributed by atoms with Crippen molar-refractivity contribution in [2.24, 2.45) is 0 Å². The summed E-state index contributed by atoms with van der Waals surface area (Å²) < 4.78 is 0. The van der Waals surface area contributed by atoms with Gasteiger partial charge in [0, 0.05) is 32.0 Å². The summed E-state index contributed by atoms with van der Waals surface area (Å²) in [5.41, 5.74) is 0.317. The number of carbonyl (C=O) groups is 2. The van der Waals surface area contributed by atoms with Crippen LogP contribution in [-0.4, -0.2) is 34.0 Å². The highest BCUT2D eigenvalue weighted by Gasteiger charge is 2.28. The maximum absolute atomic E-state index is 13.1. The molecule has 0 aliphatic carbocycles. The first-order valence-corrected chi connectivity index (χ1v) is 11.5. The van der Waals surface area contributed by atoms with Crippen LogP contribution in [0.4, 0.5) is 0 Å². The van der Waals surface area contributed by atoms with Crippen LogP contribution >= 0.6 is 46.6 Å². The average Bonchev–Trinajstić information content (AvgIpc) is 2.65. The third-order valence-electron chi connectivity index (χ3n) is 4.20. The van der Waals surface area contributed by atoms with Gasteiger partial charge >= 0.3 is 0 Å². The Morgan fingerprint density at radius 3 is 2.20 bits per heavy atom. The summed E-state index contributed by atoms with van der Waals surface area (Å²) in [6.45, 7) is 7.62. The van der Waals surface area contributed by atoms with Crippen LogP contribution in [0.5, 0.6) is 0 Å². The fourth-order valence-electron chi connectivity index (χ4n) is 2.65. The van der Waals surface area contributed by atoms with Crippen LogP contribution in [0.1, 0.15) is 33.3 Å². The molecule has 2 amide bonds. The number of amides is 2. The number of carbonyl (C=O) groups excluding carboxylic acids is 2. The molecular weight excluding hydrogens is 463 g/mol. The molecule has 30 heavy (non-hydrogen) atoms. The van der Waals surface area contributed by atoms with E-state index in [0.29, 0.717) is 15.1 Å². The number of benzene rings is 2. The highest BCUT2D eigenvalue weighted by Crippen LogP contribution is 2.25. The zero-order chi connectivity index (χ0) is 22.5. The minimum atomic E-state index is -0.672. The van der Waals surface area contributed by atoms with E-state index in [1.807, 2.05) is 32.9 Å².